The molecule has 0 amide bonds. The highest BCUT2D eigenvalue weighted by molar-refractivity contribution is 5.94. The number of carbonyl (C=O) groups excluding carboxylic acids is 1. The van der Waals surface area contributed by atoms with Gasteiger partial charge in [-0.15, -0.1) is 0 Å². The molecule has 0 aliphatic carbocycles. The van der Waals surface area contributed by atoms with Crippen LogP contribution in [0.1, 0.15) is 20.8 Å². The van der Waals surface area contributed by atoms with Crippen LogP contribution in [0.5, 0.6) is 0 Å². The van der Waals surface area contributed by atoms with Gasteiger partial charge in [0.2, 0.25) is 11.6 Å². The molecule has 0 saturated carbocycles. The molecule has 0 atom stereocenters. The monoisotopic (exact) mass is 156 g/mol. The Labute approximate surface area is 66.0 Å². The average Bonchev–Trinajstić information content (AvgIpc) is 1.94. The largest absolute Gasteiger partial charge is 0.459 e. The lowest BCUT2D eigenvalue weighted by Gasteiger charge is -2.31. The third kappa shape index (κ3) is 1.80. The fourth-order valence-electron chi connectivity index (χ4n) is 0.882. The number of ether oxygens (including phenoxy) is 2. The van der Waals surface area contributed by atoms with Crippen molar-refractivity contribution in [2.75, 3.05) is 6.61 Å². The molecular weight excluding hydrogens is 144 g/mol. The molecule has 1 heterocycles. The first-order valence-electron chi connectivity index (χ1n) is 3.57. The van der Waals surface area contributed by atoms with Crippen LogP contribution < -0.4 is 0 Å². The van der Waals surface area contributed by atoms with E-state index in [0.717, 1.165) is 0 Å². The van der Waals surface area contributed by atoms with E-state index in [1.54, 1.807) is 26.8 Å². The molecule has 1 aliphatic rings. The zero-order valence-electron chi connectivity index (χ0n) is 7.01. The third-order valence-corrected chi connectivity index (χ3v) is 1.44. The van der Waals surface area contributed by atoms with Crippen LogP contribution in [0.4, 0.5) is 0 Å². The number of carbonyl (C=O) groups is 1. The summed E-state index contributed by atoms with van der Waals surface area (Å²) in [5.74, 6) is -0.344. The number of rotatable bonds is 0. The summed E-state index contributed by atoms with van der Waals surface area (Å²) in [4.78, 5) is 11.0. The molecule has 0 spiro atoms. The molecule has 11 heavy (non-hydrogen) atoms. The van der Waals surface area contributed by atoms with Gasteiger partial charge in [0, 0.05) is 13.8 Å². The minimum Gasteiger partial charge on any atom is -0.459 e. The molecule has 0 aromatic heterocycles. The molecule has 0 unspecified atom stereocenters. The molecule has 0 N–H and O–H groups in total. The lowest BCUT2D eigenvalue weighted by atomic mass is 10.2. The Morgan fingerprint density at radius 3 is 2.64 bits per heavy atom. The summed E-state index contributed by atoms with van der Waals surface area (Å²) in [6.45, 7) is 5.45. The van der Waals surface area contributed by atoms with Crippen molar-refractivity contribution in [3.8, 4) is 0 Å². The van der Waals surface area contributed by atoms with E-state index in [-0.39, 0.29) is 12.4 Å². The summed E-state index contributed by atoms with van der Waals surface area (Å²) in [7, 11) is 0. The summed E-state index contributed by atoms with van der Waals surface area (Å²) < 4.78 is 10.3. The Morgan fingerprint density at radius 1 is 1.55 bits per heavy atom. The van der Waals surface area contributed by atoms with Gasteiger partial charge >= 0.3 is 0 Å². The highest BCUT2D eigenvalue weighted by Gasteiger charge is 2.30. The molecule has 0 bridgehead atoms. The molecular formula is C8H12O3. The predicted molar refractivity (Wildman–Crippen MR) is 39.9 cm³/mol. The van der Waals surface area contributed by atoms with Gasteiger partial charge in [-0.2, -0.15) is 0 Å². The molecule has 1 rings (SSSR count). The summed E-state index contributed by atoms with van der Waals surface area (Å²) >= 11 is 0. The van der Waals surface area contributed by atoms with Crippen molar-refractivity contribution in [1.29, 1.82) is 0 Å². The van der Waals surface area contributed by atoms with Gasteiger partial charge in [-0.05, 0) is 13.0 Å². The van der Waals surface area contributed by atoms with Crippen molar-refractivity contribution >= 4 is 5.78 Å². The van der Waals surface area contributed by atoms with Crippen LogP contribution in [0, 0.1) is 0 Å². The number of hydrogen-bond donors (Lipinski definition) is 0. The lowest BCUT2D eigenvalue weighted by molar-refractivity contribution is -0.213. The van der Waals surface area contributed by atoms with Crippen LogP contribution in [0.2, 0.25) is 0 Å². The molecule has 62 valence electrons. The van der Waals surface area contributed by atoms with Gasteiger partial charge in [-0.1, -0.05) is 0 Å². The van der Waals surface area contributed by atoms with E-state index in [1.165, 1.54) is 0 Å². The van der Waals surface area contributed by atoms with Gasteiger partial charge in [-0.25, -0.2) is 0 Å². The third-order valence-electron chi connectivity index (χ3n) is 1.44. The Hall–Kier alpha value is -0.830. The van der Waals surface area contributed by atoms with Crippen LogP contribution in [-0.4, -0.2) is 18.2 Å². The first-order chi connectivity index (χ1) is 5.05. The van der Waals surface area contributed by atoms with Crippen LogP contribution in [0.25, 0.3) is 0 Å². The number of hydrogen-bond acceptors (Lipinski definition) is 3. The van der Waals surface area contributed by atoms with Crippen molar-refractivity contribution in [2.24, 2.45) is 0 Å². The van der Waals surface area contributed by atoms with Crippen molar-refractivity contribution in [2.45, 2.75) is 26.6 Å². The highest BCUT2D eigenvalue weighted by Crippen LogP contribution is 2.21. The van der Waals surface area contributed by atoms with Crippen molar-refractivity contribution in [3.05, 3.63) is 11.8 Å². The topological polar surface area (TPSA) is 35.5 Å². The van der Waals surface area contributed by atoms with E-state index in [2.05, 4.69) is 0 Å². The average molecular weight is 156 g/mol. The Kier molecular flexibility index (Phi) is 2.00. The quantitative estimate of drug-likeness (QED) is 0.495. The van der Waals surface area contributed by atoms with Crippen molar-refractivity contribution in [1.82, 2.24) is 0 Å². The second-order valence-electron chi connectivity index (χ2n) is 2.87. The molecule has 3 heteroatoms. The van der Waals surface area contributed by atoms with Gasteiger partial charge in [-0.3, -0.25) is 4.79 Å². The summed E-state index contributed by atoms with van der Waals surface area (Å²) in [6.07, 6.45) is 1.66. The van der Waals surface area contributed by atoms with Gasteiger partial charge < -0.3 is 9.47 Å². The van der Waals surface area contributed by atoms with Crippen LogP contribution in [-0.2, 0) is 14.3 Å². The molecule has 3 nitrogen and oxygen atoms in total. The van der Waals surface area contributed by atoms with Crippen molar-refractivity contribution in [3.63, 3.8) is 0 Å². The maximum Gasteiger partial charge on any atom is 0.222 e. The maximum atomic E-state index is 11.0. The second-order valence-corrected chi connectivity index (χ2v) is 2.87. The molecule has 1 fully saturated rings. The zero-order chi connectivity index (χ0) is 8.48. The predicted octanol–water partition coefficient (Wildman–Crippen LogP) is 1.24. The number of ketones is 1. The first-order valence-corrected chi connectivity index (χ1v) is 3.57. The van der Waals surface area contributed by atoms with Gasteiger partial charge in [0.1, 0.15) is 6.61 Å². The van der Waals surface area contributed by atoms with E-state index >= 15 is 0 Å². The van der Waals surface area contributed by atoms with Crippen LogP contribution in [0.15, 0.2) is 11.8 Å². The number of allylic oxidation sites excluding steroid dienone is 1. The zero-order valence-corrected chi connectivity index (χ0v) is 7.01. The fraction of sp³-hybridized carbons (Fsp3) is 0.625. The molecule has 0 aromatic carbocycles. The van der Waals surface area contributed by atoms with Gasteiger partial charge in [0.15, 0.2) is 5.76 Å². The van der Waals surface area contributed by atoms with E-state index in [4.69, 9.17) is 9.47 Å². The van der Waals surface area contributed by atoms with E-state index in [9.17, 15) is 4.79 Å². The maximum absolute atomic E-state index is 11.0. The van der Waals surface area contributed by atoms with E-state index < -0.39 is 5.79 Å². The normalized spacial score (nSPS) is 26.8. The molecule has 0 radical (unpaired) electrons. The minimum atomic E-state index is -0.657. The van der Waals surface area contributed by atoms with E-state index in [1.807, 2.05) is 0 Å². The summed E-state index contributed by atoms with van der Waals surface area (Å²) in [5.41, 5.74) is 0. The van der Waals surface area contributed by atoms with Gasteiger partial charge in [0.05, 0.1) is 0 Å². The summed E-state index contributed by atoms with van der Waals surface area (Å²) in [5, 5.41) is 0. The lowest BCUT2D eigenvalue weighted by Crippen LogP contribution is -2.38. The van der Waals surface area contributed by atoms with Crippen LogP contribution in [0.3, 0.4) is 0 Å². The van der Waals surface area contributed by atoms with Crippen molar-refractivity contribution < 1.29 is 14.3 Å². The highest BCUT2D eigenvalue weighted by atomic mass is 16.7. The molecule has 0 aromatic rings. The summed E-state index contributed by atoms with van der Waals surface area (Å²) in [6, 6.07) is 0. The molecule has 1 saturated heterocycles. The minimum absolute atomic E-state index is 0.0909. The number of Topliss-reactive ketones (excluding diaryl/α,β-unsaturated/α-hetero) is 1. The fourth-order valence-corrected chi connectivity index (χ4v) is 0.882. The Morgan fingerprint density at radius 2 is 2.18 bits per heavy atom. The second kappa shape index (κ2) is 2.66. The first kappa shape index (κ1) is 8.27. The Bertz CT molecular complexity index is 203. The van der Waals surface area contributed by atoms with Crippen LogP contribution >= 0.6 is 0 Å². The SMILES string of the molecule is C/C=C1\OC(C)(C)OCC1=O. The Balaban J connectivity index is 2.74. The van der Waals surface area contributed by atoms with E-state index in [0.29, 0.717) is 5.76 Å². The molecule has 1 aliphatic heterocycles. The smallest absolute Gasteiger partial charge is 0.222 e. The standard InChI is InChI=1S/C8H12O3/c1-4-7-6(9)5-10-8(2,3)11-7/h4H,5H2,1-3H3/b7-4-. The van der Waals surface area contributed by atoms with Gasteiger partial charge in [0.25, 0.3) is 0 Å².